The summed E-state index contributed by atoms with van der Waals surface area (Å²) in [5.41, 5.74) is 0. The first-order chi connectivity index (χ1) is 8.11. The second-order valence-corrected chi connectivity index (χ2v) is 5.22. The average molecular weight is 239 g/mol. The average Bonchev–Trinajstić information content (AvgIpc) is 2.99. The van der Waals surface area contributed by atoms with Gasteiger partial charge in [-0.2, -0.15) is 0 Å². The van der Waals surface area contributed by atoms with E-state index in [4.69, 9.17) is 0 Å². The van der Waals surface area contributed by atoms with Crippen LogP contribution in [0.25, 0.3) is 0 Å². The SMILES string of the molecule is CNCC(=O)N1C[C@@H](C)C[C@H]1C(=O)NC1CC1. The highest BCUT2D eigenvalue weighted by Gasteiger charge is 2.38. The fourth-order valence-corrected chi connectivity index (χ4v) is 2.35. The number of rotatable bonds is 4. The minimum absolute atomic E-state index is 0.0211. The number of likely N-dealkylation sites (N-methyl/N-ethyl adjacent to an activating group) is 1. The molecule has 2 atom stereocenters. The van der Waals surface area contributed by atoms with Crippen LogP contribution in [0, 0.1) is 5.92 Å². The summed E-state index contributed by atoms with van der Waals surface area (Å²) in [7, 11) is 1.75. The summed E-state index contributed by atoms with van der Waals surface area (Å²) in [5, 5.41) is 5.84. The van der Waals surface area contributed by atoms with Crippen LogP contribution in [-0.2, 0) is 9.59 Å². The van der Waals surface area contributed by atoms with E-state index in [0.29, 0.717) is 25.0 Å². The fraction of sp³-hybridized carbons (Fsp3) is 0.833. The lowest BCUT2D eigenvalue weighted by atomic mass is 10.1. The zero-order chi connectivity index (χ0) is 12.4. The number of hydrogen-bond acceptors (Lipinski definition) is 3. The Bertz CT molecular complexity index is 315. The number of nitrogens with zero attached hydrogens (tertiary/aromatic N) is 1. The van der Waals surface area contributed by atoms with Gasteiger partial charge in [0.1, 0.15) is 6.04 Å². The van der Waals surface area contributed by atoms with Gasteiger partial charge in [-0.15, -0.1) is 0 Å². The molecule has 1 aliphatic carbocycles. The third-order valence-electron chi connectivity index (χ3n) is 3.38. The van der Waals surface area contributed by atoms with E-state index in [0.717, 1.165) is 19.3 Å². The molecule has 2 amide bonds. The van der Waals surface area contributed by atoms with Crippen LogP contribution in [0.5, 0.6) is 0 Å². The highest BCUT2D eigenvalue weighted by molar-refractivity contribution is 5.89. The van der Waals surface area contributed by atoms with E-state index in [1.165, 1.54) is 0 Å². The number of likely N-dealkylation sites (tertiary alicyclic amines) is 1. The van der Waals surface area contributed by atoms with E-state index in [9.17, 15) is 9.59 Å². The quantitative estimate of drug-likeness (QED) is 0.709. The van der Waals surface area contributed by atoms with Crippen LogP contribution < -0.4 is 10.6 Å². The Morgan fingerprint density at radius 1 is 1.35 bits per heavy atom. The van der Waals surface area contributed by atoms with Crippen LogP contribution in [0.1, 0.15) is 26.2 Å². The summed E-state index contributed by atoms with van der Waals surface area (Å²) in [4.78, 5) is 25.6. The highest BCUT2D eigenvalue weighted by atomic mass is 16.2. The van der Waals surface area contributed by atoms with Crippen LogP contribution in [0.15, 0.2) is 0 Å². The molecule has 17 heavy (non-hydrogen) atoms. The van der Waals surface area contributed by atoms with Crippen molar-refractivity contribution in [1.82, 2.24) is 15.5 Å². The molecule has 1 saturated heterocycles. The van der Waals surface area contributed by atoms with Crippen molar-refractivity contribution in [3.8, 4) is 0 Å². The van der Waals surface area contributed by atoms with E-state index in [-0.39, 0.29) is 17.9 Å². The van der Waals surface area contributed by atoms with E-state index < -0.39 is 0 Å². The van der Waals surface area contributed by atoms with Crippen molar-refractivity contribution < 1.29 is 9.59 Å². The van der Waals surface area contributed by atoms with Gasteiger partial charge in [-0.25, -0.2) is 0 Å². The second kappa shape index (κ2) is 5.04. The minimum Gasteiger partial charge on any atom is -0.352 e. The zero-order valence-electron chi connectivity index (χ0n) is 10.5. The standard InChI is InChI=1S/C12H21N3O2/c1-8-5-10(12(17)14-9-3-4-9)15(7-8)11(16)6-13-2/h8-10,13H,3-7H2,1-2H3,(H,14,17)/t8-,10-/m0/s1. The number of carbonyl (C=O) groups excluding carboxylic acids is 2. The zero-order valence-corrected chi connectivity index (χ0v) is 10.5. The molecule has 0 bridgehead atoms. The maximum Gasteiger partial charge on any atom is 0.243 e. The van der Waals surface area contributed by atoms with Crippen LogP contribution >= 0.6 is 0 Å². The van der Waals surface area contributed by atoms with Crippen molar-refractivity contribution in [3.05, 3.63) is 0 Å². The first-order valence-electron chi connectivity index (χ1n) is 6.36. The molecule has 1 aliphatic heterocycles. The van der Waals surface area contributed by atoms with Gasteiger partial charge in [0.2, 0.25) is 11.8 Å². The summed E-state index contributed by atoms with van der Waals surface area (Å²) in [6.45, 7) is 3.09. The van der Waals surface area contributed by atoms with Crippen LogP contribution in [0.3, 0.4) is 0 Å². The first kappa shape index (κ1) is 12.4. The molecule has 1 saturated carbocycles. The molecule has 0 aromatic carbocycles. The molecule has 5 heteroatoms. The van der Waals surface area contributed by atoms with Gasteiger partial charge >= 0.3 is 0 Å². The predicted molar refractivity (Wildman–Crippen MR) is 64.4 cm³/mol. The Hall–Kier alpha value is -1.10. The lowest BCUT2D eigenvalue weighted by molar-refractivity contribution is -0.137. The van der Waals surface area contributed by atoms with Gasteiger partial charge in [-0.1, -0.05) is 6.92 Å². The molecular weight excluding hydrogens is 218 g/mol. The number of amides is 2. The summed E-state index contributed by atoms with van der Waals surface area (Å²) >= 11 is 0. The normalized spacial score (nSPS) is 28.2. The summed E-state index contributed by atoms with van der Waals surface area (Å²) < 4.78 is 0. The van der Waals surface area contributed by atoms with Gasteiger partial charge in [0.25, 0.3) is 0 Å². The van der Waals surface area contributed by atoms with E-state index in [1.54, 1.807) is 11.9 Å². The van der Waals surface area contributed by atoms with Crippen molar-refractivity contribution in [1.29, 1.82) is 0 Å². The molecule has 0 unspecified atom stereocenters. The van der Waals surface area contributed by atoms with Crippen molar-refractivity contribution in [2.75, 3.05) is 20.1 Å². The maximum atomic E-state index is 12.0. The Balaban J connectivity index is 1.96. The minimum atomic E-state index is -0.258. The number of carbonyl (C=O) groups is 2. The molecule has 0 spiro atoms. The van der Waals surface area contributed by atoms with Crippen molar-refractivity contribution in [2.45, 2.75) is 38.3 Å². The van der Waals surface area contributed by atoms with Crippen molar-refractivity contribution in [3.63, 3.8) is 0 Å². The van der Waals surface area contributed by atoms with Crippen molar-refractivity contribution in [2.24, 2.45) is 5.92 Å². The summed E-state index contributed by atoms with van der Waals surface area (Å²) in [5.74, 6) is 0.458. The Labute approximate surface area is 102 Å². The summed E-state index contributed by atoms with van der Waals surface area (Å²) in [6.07, 6.45) is 2.95. The van der Waals surface area contributed by atoms with Gasteiger partial charge in [-0.05, 0) is 32.2 Å². The second-order valence-electron chi connectivity index (χ2n) is 5.22. The maximum absolute atomic E-state index is 12.0. The highest BCUT2D eigenvalue weighted by Crippen LogP contribution is 2.25. The molecule has 1 heterocycles. The number of nitrogens with one attached hydrogen (secondary N) is 2. The van der Waals surface area contributed by atoms with Crippen LogP contribution in [-0.4, -0.2) is 48.9 Å². The third-order valence-corrected chi connectivity index (χ3v) is 3.38. The topological polar surface area (TPSA) is 61.4 Å². The third kappa shape index (κ3) is 2.97. The van der Waals surface area contributed by atoms with Crippen molar-refractivity contribution >= 4 is 11.8 Å². The van der Waals surface area contributed by atoms with Gasteiger partial charge in [0.15, 0.2) is 0 Å². The van der Waals surface area contributed by atoms with Crippen LogP contribution in [0.4, 0.5) is 0 Å². The van der Waals surface area contributed by atoms with Gasteiger partial charge in [0.05, 0.1) is 6.54 Å². The Kier molecular flexibility index (Phi) is 3.66. The molecule has 0 radical (unpaired) electrons. The molecular formula is C12H21N3O2. The monoisotopic (exact) mass is 239 g/mol. The Morgan fingerprint density at radius 2 is 2.06 bits per heavy atom. The molecule has 2 rings (SSSR count). The van der Waals surface area contributed by atoms with Gasteiger partial charge < -0.3 is 15.5 Å². The molecule has 2 aliphatic rings. The molecule has 96 valence electrons. The fourth-order valence-electron chi connectivity index (χ4n) is 2.35. The Morgan fingerprint density at radius 3 is 2.65 bits per heavy atom. The molecule has 2 N–H and O–H groups in total. The molecule has 0 aromatic heterocycles. The van der Waals surface area contributed by atoms with E-state index in [1.807, 2.05) is 0 Å². The molecule has 0 aromatic rings. The lowest BCUT2D eigenvalue weighted by Gasteiger charge is -2.23. The summed E-state index contributed by atoms with van der Waals surface area (Å²) in [6, 6.07) is 0.103. The predicted octanol–water partition coefficient (Wildman–Crippen LogP) is -0.279. The smallest absolute Gasteiger partial charge is 0.243 e. The first-order valence-corrected chi connectivity index (χ1v) is 6.36. The van der Waals surface area contributed by atoms with E-state index >= 15 is 0 Å². The largest absolute Gasteiger partial charge is 0.352 e. The van der Waals surface area contributed by atoms with Crippen LogP contribution in [0.2, 0.25) is 0 Å². The van der Waals surface area contributed by atoms with Gasteiger partial charge in [0, 0.05) is 12.6 Å². The van der Waals surface area contributed by atoms with E-state index in [2.05, 4.69) is 17.6 Å². The number of hydrogen-bond donors (Lipinski definition) is 2. The van der Waals surface area contributed by atoms with Gasteiger partial charge in [-0.3, -0.25) is 9.59 Å². The molecule has 5 nitrogen and oxygen atoms in total. The lowest BCUT2D eigenvalue weighted by Crippen LogP contribution is -2.48. The molecule has 2 fully saturated rings.